The van der Waals surface area contributed by atoms with Gasteiger partial charge in [0.15, 0.2) is 0 Å². The van der Waals surface area contributed by atoms with Gasteiger partial charge in [0, 0.05) is 16.6 Å². The minimum atomic E-state index is 0.455. The zero-order valence-corrected chi connectivity index (χ0v) is 12.0. The smallest absolute Gasteiger partial charge is 0.121 e. The van der Waals surface area contributed by atoms with E-state index in [2.05, 4.69) is 35.0 Å². The monoisotopic (exact) mass is 273 g/mol. The van der Waals surface area contributed by atoms with E-state index in [1.807, 2.05) is 30.4 Å². The normalized spacial score (nSPS) is 16.1. The van der Waals surface area contributed by atoms with Crippen molar-refractivity contribution >= 4 is 17.0 Å². The summed E-state index contributed by atoms with van der Waals surface area (Å²) < 4.78 is 5.56. The van der Waals surface area contributed by atoms with Crippen molar-refractivity contribution in [3.8, 4) is 5.75 Å². The fourth-order valence-corrected chi connectivity index (χ4v) is 3.21. The molecule has 3 rings (SSSR count). The van der Waals surface area contributed by atoms with Gasteiger partial charge < -0.3 is 10.1 Å². The summed E-state index contributed by atoms with van der Waals surface area (Å²) in [5.74, 6) is 1.72. The predicted octanol–water partition coefficient (Wildman–Crippen LogP) is 4.71. The molecule has 2 aromatic rings. The molecule has 1 aliphatic rings. The lowest BCUT2D eigenvalue weighted by Gasteiger charge is -2.18. The van der Waals surface area contributed by atoms with Gasteiger partial charge in [-0.25, -0.2) is 0 Å². The molecule has 0 aliphatic heterocycles. The van der Waals surface area contributed by atoms with Crippen molar-refractivity contribution in [1.82, 2.24) is 0 Å². The third kappa shape index (κ3) is 3.10. The van der Waals surface area contributed by atoms with Crippen molar-refractivity contribution in [2.24, 2.45) is 5.92 Å². The molecule has 1 N–H and O–H groups in total. The summed E-state index contributed by atoms with van der Waals surface area (Å²) in [5, 5.41) is 5.83. The first-order valence-electron chi connectivity index (χ1n) is 6.89. The molecule has 1 aromatic heterocycles. The van der Waals surface area contributed by atoms with Crippen LogP contribution in [0.3, 0.4) is 0 Å². The van der Waals surface area contributed by atoms with Crippen LogP contribution in [0, 0.1) is 5.92 Å². The second kappa shape index (κ2) is 5.66. The molecule has 2 nitrogen and oxygen atoms in total. The highest BCUT2D eigenvalue weighted by Crippen LogP contribution is 2.44. The molecule has 1 aromatic carbocycles. The van der Waals surface area contributed by atoms with E-state index < -0.39 is 0 Å². The van der Waals surface area contributed by atoms with E-state index in [1.54, 1.807) is 0 Å². The van der Waals surface area contributed by atoms with Gasteiger partial charge in [0.2, 0.25) is 0 Å². The summed E-state index contributed by atoms with van der Waals surface area (Å²) in [6.45, 7) is 2.72. The molecule has 0 spiro atoms. The fourth-order valence-electron chi connectivity index (χ4n) is 2.34. The molecule has 1 aliphatic carbocycles. The quantitative estimate of drug-likeness (QED) is 0.823. The summed E-state index contributed by atoms with van der Waals surface area (Å²) in [6.07, 6.45) is 2.67. The maximum absolute atomic E-state index is 5.56. The molecule has 3 heteroatoms. The van der Waals surface area contributed by atoms with E-state index in [0.717, 1.165) is 17.4 Å². The highest BCUT2D eigenvalue weighted by Gasteiger charge is 2.32. The van der Waals surface area contributed by atoms with Gasteiger partial charge in [-0.05, 0) is 49.3 Å². The van der Waals surface area contributed by atoms with Gasteiger partial charge in [0.25, 0.3) is 0 Å². The first-order chi connectivity index (χ1) is 9.36. The number of hydrogen-bond acceptors (Lipinski definition) is 3. The molecule has 1 fully saturated rings. The van der Waals surface area contributed by atoms with Crippen LogP contribution in [0.1, 0.15) is 30.7 Å². The van der Waals surface area contributed by atoms with E-state index >= 15 is 0 Å². The van der Waals surface area contributed by atoms with Crippen LogP contribution in [0.25, 0.3) is 0 Å². The van der Waals surface area contributed by atoms with Crippen LogP contribution in [0.2, 0.25) is 0 Å². The van der Waals surface area contributed by atoms with Crippen LogP contribution in [0.4, 0.5) is 5.69 Å². The number of benzene rings is 1. The van der Waals surface area contributed by atoms with Crippen LogP contribution in [0.5, 0.6) is 5.75 Å². The summed E-state index contributed by atoms with van der Waals surface area (Å²) >= 11 is 1.84. The Morgan fingerprint density at radius 1 is 1.32 bits per heavy atom. The zero-order valence-electron chi connectivity index (χ0n) is 11.1. The highest BCUT2D eigenvalue weighted by atomic mass is 32.1. The molecule has 1 unspecified atom stereocenters. The first-order valence-corrected chi connectivity index (χ1v) is 7.77. The Hall–Kier alpha value is -1.48. The topological polar surface area (TPSA) is 21.3 Å². The Labute approximate surface area is 118 Å². The van der Waals surface area contributed by atoms with Crippen LogP contribution in [-0.4, -0.2) is 6.61 Å². The fraction of sp³-hybridized carbons (Fsp3) is 0.375. The Morgan fingerprint density at radius 3 is 2.89 bits per heavy atom. The van der Waals surface area contributed by atoms with Gasteiger partial charge in [-0.15, -0.1) is 11.3 Å². The molecule has 0 radical (unpaired) electrons. The second-order valence-electron chi connectivity index (χ2n) is 4.94. The lowest BCUT2D eigenvalue weighted by Crippen LogP contribution is -2.11. The van der Waals surface area contributed by atoms with Crippen molar-refractivity contribution in [3.63, 3.8) is 0 Å². The van der Waals surface area contributed by atoms with E-state index in [1.165, 1.54) is 17.7 Å². The molecule has 1 saturated carbocycles. The Morgan fingerprint density at radius 2 is 2.21 bits per heavy atom. The maximum atomic E-state index is 5.56. The van der Waals surface area contributed by atoms with Crippen molar-refractivity contribution < 1.29 is 4.74 Å². The lowest BCUT2D eigenvalue weighted by atomic mass is 10.1. The summed E-state index contributed by atoms with van der Waals surface area (Å²) in [7, 11) is 0. The average Bonchev–Trinajstić information content (AvgIpc) is 3.11. The zero-order chi connectivity index (χ0) is 13.1. The van der Waals surface area contributed by atoms with Crippen molar-refractivity contribution in [1.29, 1.82) is 0 Å². The summed E-state index contributed by atoms with van der Waals surface area (Å²) in [4.78, 5) is 1.43. The summed E-state index contributed by atoms with van der Waals surface area (Å²) in [6, 6.07) is 13.1. The highest BCUT2D eigenvalue weighted by molar-refractivity contribution is 7.10. The Kier molecular flexibility index (Phi) is 3.74. The minimum Gasteiger partial charge on any atom is -0.494 e. The number of rotatable bonds is 6. The molecule has 0 bridgehead atoms. The maximum Gasteiger partial charge on any atom is 0.121 e. The molecule has 0 amide bonds. The van der Waals surface area contributed by atoms with E-state index in [0.29, 0.717) is 12.6 Å². The number of hydrogen-bond donors (Lipinski definition) is 1. The Balaban J connectivity index is 1.76. The van der Waals surface area contributed by atoms with Gasteiger partial charge in [-0.1, -0.05) is 12.1 Å². The number of nitrogens with one attached hydrogen (secondary N) is 1. The van der Waals surface area contributed by atoms with Crippen LogP contribution >= 0.6 is 11.3 Å². The van der Waals surface area contributed by atoms with Crippen LogP contribution < -0.4 is 10.1 Å². The van der Waals surface area contributed by atoms with Gasteiger partial charge in [0.1, 0.15) is 5.75 Å². The SMILES string of the molecule is CCOc1cccc(NC(c2cccs2)C2CC2)c1. The number of anilines is 1. The predicted molar refractivity (Wildman–Crippen MR) is 81.0 cm³/mol. The molecule has 0 saturated heterocycles. The molecular formula is C16H19NOS. The van der Waals surface area contributed by atoms with Gasteiger partial charge in [-0.2, -0.15) is 0 Å². The lowest BCUT2D eigenvalue weighted by molar-refractivity contribution is 0.340. The largest absolute Gasteiger partial charge is 0.494 e. The molecular weight excluding hydrogens is 254 g/mol. The third-order valence-electron chi connectivity index (χ3n) is 3.41. The van der Waals surface area contributed by atoms with E-state index in [9.17, 15) is 0 Å². The second-order valence-corrected chi connectivity index (χ2v) is 5.91. The van der Waals surface area contributed by atoms with Crippen molar-refractivity contribution in [2.45, 2.75) is 25.8 Å². The molecule has 100 valence electrons. The van der Waals surface area contributed by atoms with Gasteiger partial charge in [0.05, 0.1) is 12.6 Å². The first kappa shape index (κ1) is 12.5. The van der Waals surface area contributed by atoms with Gasteiger partial charge in [-0.3, -0.25) is 0 Å². The average molecular weight is 273 g/mol. The molecule has 19 heavy (non-hydrogen) atoms. The van der Waals surface area contributed by atoms with Crippen LogP contribution in [0.15, 0.2) is 41.8 Å². The third-order valence-corrected chi connectivity index (χ3v) is 4.37. The van der Waals surface area contributed by atoms with E-state index in [-0.39, 0.29) is 0 Å². The van der Waals surface area contributed by atoms with Crippen LogP contribution in [-0.2, 0) is 0 Å². The number of ether oxygens (including phenoxy) is 1. The standard InChI is InChI=1S/C16H19NOS/c1-2-18-14-6-3-5-13(11-14)17-16(12-8-9-12)15-7-4-10-19-15/h3-7,10-12,16-17H,2,8-9H2,1H3. The molecule has 1 heterocycles. The van der Waals surface area contributed by atoms with E-state index in [4.69, 9.17) is 4.74 Å². The summed E-state index contributed by atoms with van der Waals surface area (Å²) in [5.41, 5.74) is 1.15. The van der Waals surface area contributed by atoms with Crippen molar-refractivity contribution in [2.75, 3.05) is 11.9 Å². The van der Waals surface area contributed by atoms with Crippen molar-refractivity contribution in [3.05, 3.63) is 46.7 Å². The number of thiophene rings is 1. The van der Waals surface area contributed by atoms with Gasteiger partial charge >= 0.3 is 0 Å². The Bertz CT molecular complexity index is 519. The minimum absolute atomic E-state index is 0.455. The molecule has 1 atom stereocenters.